The maximum Gasteiger partial charge on any atom is 0.228 e. The first-order chi connectivity index (χ1) is 12.5. The second-order valence-electron chi connectivity index (χ2n) is 8.05. The fourth-order valence-corrected chi connectivity index (χ4v) is 4.53. The number of nitrogens with one attached hydrogen (secondary N) is 2. The first-order valence-corrected chi connectivity index (χ1v) is 10.1. The van der Waals surface area contributed by atoms with Gasteiger partial charge in [-0.05, 0) is 32.6 Å². The monoisotopic (exact) mass is 360 g/mol. The Kier molecular flexibility index (Phi) is 5.99. The number of amides is 2. The molecule has 1 atom stereocenters. The van der Waals surface area contributed by atoms with Gasteiger partial charge in [-0.15, -0.1) is 0 Å². The van der Waals surface area contributed by atoms with Crippen LogP contribution in [0.25, 0.3) is 0 Å². The van der Waals surface area contributed by atoms with E-state index < -0.39 is 0 Å². The Morgan fingerprint density at radius 1 is 1.38 bits per heavy atom. The summed E-state index contributed by atoms with van der Waals surface area (Å²) in [4.78, 5) is 34.7. The number of likely N-dealkylation sites (tertiary alicyclic amines) is 1. The van der Waals surface area contributed by atoms with E-state index in [1.807, 2.05) is 11.8 Å². The number of H-pyrrole nitrogens is 1. The van der Waals surface area contributed by atoms with Crippen molar-refractivity contribution in [2.75, 3.05) is 13.1 Å². The van der Waals surface area contributed by atoms with Gasteiger partial charge in [0.1, 0.15) is 0 Å². The van der Waals surface area contributed by atoms with Gasteiger partial charge >= 0.3 is 0 Å². The Hall–Kier alpha value is -1.85. The average Bonchev–Trinajstić information content (AvgIpc) is 3.35. The average molecular weight is 361 g/mol. The number of unbranched alkanes of at least 4 members (excludes halogenated alkanes) is 1. The van der Waals surface area contributed by atoms with Gasteiger partial charge in [0.15, 0.2) is 0 Å². The fraction of sp³-hybridized carbons (Fsp3) is 0.750. The molecule has 2 amide bonds. The summed E-state index contributed by atoms with van der Waals surface area (Å²) < 4.78 is 0. The lowest BCUT2D eigenvalue weighted by molar-refractivity contribution is -0.141. The molecule has 0 bridgehead atoms. The first kappa shape index (κ1) is 18.9. The number of aromatic amines is 1. The molecule has 6 heteroatoms. The number of nitrogens with zero attached hydrogens (tertiary/aromatic N) is 2. The van der Waals surface area contributed by atoms with Crippen LogP contribution in [0.2, 0.25) is 0 Å². The summed E-state index contributed by atoms with van der Waals surface area (Å²) in [6.45, 7) is 5.52. The number of carbonyl (C=O) groups is 2. The molecule has 1 aliphatic carbocycles. The van der Waals surface area contributed by atoms with Crippen LogP contribution in [-0.4, -0.2) is 45.8 Å². The lowest BCUT2D eigenvalue weighted by atomic mass is 9.79. The highest BCUT2D eigenvalue weighted by atomic mass is 16.2. The summed E-state index contributed by atoms with van der Waals surface area (Å²) in [6.07, 6.45) is 10.5. The number of imidazole rings is 1. The van der Waals surface area contributed by atoms with E-state index in [1.54, 1.807) is 6.33 Å². The zero-order valence-electron chi connectivity index (χ0n) is 16.1. The molecule has 2 aliphatic rings. The molecule has 26 heavy (non-hydrogen) atoms. The lowest BCUT2D eigenvalue weighted by Gasteiger charge is -2.32. The first-order valence-electron chi connectivity index (χ1n) is 10.1. The van der Waals surface area contributed by atoms with Gasteiger partial charge in [0.2, 0.25) is 11.8 Å². The van der Waals surface area contributed by atoms with E-state index in [4.69, 9.17) is 0 Å². The lowest BCUT2D eigenvalue weighted by Crippen LogP contribution is -2.44. The summed E-state index contributed by atoms with van der Waals surface area (Å²) in [5, 5.41) is 3.09. The van der Waals surface area contributed by atoms with Crippen molar-refractivity contribution in [3.05, 3.63) is 17.7 Å². The Balaban J connectivity index is 1.53. The van der Waals surface area contributed by atoms with Gasteiger partial charge in [0.05, 0.1) is 18.4 Å². The largest absolute Gasteiger partial charge is 0.351 e. The summed E-state index contributed by atoms with van der Waals surface area (Å²) in [7, 11) is 0. The minimum absolute atomic E-state index is 0.0129. The van der Waals surface area contributed by atoms with Crippen molar-refractivity contribution < 1.29 is 9.59 Å². The molecule has 0 unspecified atom stereocenters. The molecule has 2 heterocycles. The van der Waals surface area contributed by atoms with Crippen LogP contribution in [0.1, 0.15) is 69.7 Å². The van der Waals surface area contributed by atoms with E-state index in [9.17, 15) is 9.59 Å². The molecule has 2 N–H and O–H groups in total. The Bertz CT molecular complexity index is 634. The van der Waals surface area contributed by atoms with E-state index >= 15 is 0 Å². The standard InChI is InChI=1S/C20H32N4O2/c1-3-4-8-20(9-5-6-10-20)19(26)24-11-7-16(13-24)23-18(25)12-17-15(2)21-14-22-17/h14,16H,3-13H2,1-2H3,(H,21,22)(H,23,25)/t16-/m1/s1. The number of carbonyl (C=O) groups excluding carboxylic acids is 2. The quantitative estimate of drug-likeness (QED) is 0.785. The molecule has 3 rings (SSSR count). The molecular formula is C20H32N4O2. The maximum absolute atomic E-state index is 13.2. The van der Waals surface area contributed by atoms with Crippen molar-refractivity contribution in [1.29, 1.82) is 0 Å². The van der Waals surface area contributed by atoms with Crippen molar-refractivity contribution in [3.8, 4) is 0 Å². The number of aryl methyl sites for hydroxylation is 1. The number of aromatic nitrogens is 2. The molecule has 0 spiro atoms. The van der Waals surface area contributed by atoms with Crippen LogP contribution < -0.4 is 5.32 Å². The third-order valence-electron chi connectivity index (χ3n) is 6.13. The normalized spacial score (nSPS) is 21.9. The molecule has 0 aromatic carbocycles. The van der Waals surface area contributed by atoms with E-state index in [0.29, 0.717) is 18.9 Å². The Morgan fingerprint density at radius 3 is 2.81 bits per heavy atom. The topological polar surface area (TPSA) is 78.1 Å². The van der Waals surface area contributed by atoms with Crippen LogP contribution in [0, 0.1) is 12.3 Å². The Labute approximate surface area is 156 Å². The minimum Gasteiger partial charge on any atom is -0.351 e. The molecule has 1 saturated heterocycles. The third-order valence-corrected chi connectivity index (χ3v) is 6.13. The van der Waals surface area contributed by atoms with Crippen molar-refractivity contribution in [2.45, 2.75) is 77.7 Å². The molecule has 1 saturated carbocycles. The van der Waals surface area contributed by atoms with Crippen LogP contribution in [0.15, 0.2) is 6.33 Å². The van der Waals surface area contributed by atoms with E-state index in [2.05, 4.69) is 22.2 Å². The van der Waals surface area contributed by atoms with Crippen molar-refractivity contribution >= 4 is 11.8 Å². The van der Waals surface area contributed by atoms with Gasteiger partial charge in [-0.1, -0.05) is 32.6 Å². The van der Waals surface area contributed by atoms with Crippen LogP contribution >= 0.6 is 0 Å². The van der Waals surface area contributed by atoms with E-state index in [-0.39, 0.29) is 17.4 Å². The van der Waals surface area contributed by atoms with Gasteiger partial charge in [0, 0.05) is 30.2 Å². The molecule has 144 valence electrons. The van der Waals surface area contributed by atoms with E-state index in [0.717, 1.165) is 56.5 Å². The van der Waals surface area contributed by atoms with Gasteiger partial charge < -0.3 is 15.2 Å². The molecule has 1 aliphatic heterocycles. The van der Waals surface area contributed by atoms with Gasteiger partial charge in [-0.2, -0.15) is 0 Å². The SMILES string of the molecule is CCCCC1(C(=O)N2CC[C@@H](NC(=O)Cc3nc[nH]c3C)C2)CCCC1. The predicted octanol–water partition coefficient (Wildman–Crippen LogP) is 2.73. The molecular weight excluding hydrogens is 328 g/mol. The van der Waals surface area contributed by atoms with Crippen molar-refractivity contribution in [3.63, 3.8) is 0 Å². The van der Waals surface area contributed by atoms with Crippen molar-refractivity contribution in [2.24, 2.45) is 5.41 Å². The summed E-state index contributed by atoms with van der Waals surface area (Å²) in [5.41, 5.74) is 1.60. The second kappa shape index (κ2) is 8.23. The van der Waals surface area contributed by atoms with Crippen LogP contribution in [0.3, 0.4) is 0 Å². The smallest absolute Gasteiger partial charge is 0.228 e. The molecule has 6 nitrogen and oxygen atoms in total. The van der Waals surface area contributed by atoms with Crippen molar-refractivity contribution in [1.82, 2.24) is 20.2 Å². The predicted molar refractivity (Wildman–Crippen MR) is 101 cm³/mol. The fourth-order valence-electron chi connectivity index (χ4n) is 4.53. The summed E-state index contributed by atoms with van der Waals surface area (Å²) in [6, 6.07) is 0.0651. The number of hydrogen-bond acceptors (Lipinski definition) is 3. The highest BCUT2D eigenvalue weighted by molar-refractivity contribution is 5.84. The highest BCUT2D eigenvalue weighted by Gasteiger charge is 2.44. The zero-order chi connectivity index (χ0) is 18.6. The maximum atomic E-state index is 13.2. The second-order valence-corrected chi connectivity index (χ2v) is 8.05. The number of hydrogen-bond donors (Lipinski definition) is 2. The summed E-state index contributed by atoms with van der Waals surface area (Å²) in [5.74, 6) is 0.324. The van der Waals surface area contributed by atoms with Gasteiger partial charge in [0.25, 0.3) is 0 Å². The van der Waals surface area contributed by atoms with Gasteiger partial charge in [-0.25, -0.2) is 4.98 Å². The zero-order valence-corrected chi connectivity index (χ0v) is 16.1. The molecule has 1 aromatic rings. The van der Waals surface area contributed by atoms with Crippen LogP contribution in [0.5, 0.6) is 0 Å². The molecule has 1 aromatic heterocycles. The van der Waals surface area contributed by atoms with Gasteiger partial charge in [-0.3, -0.25) is 9.59 Å². The minimum atomic E-state index is -0.124. The third kappa shape index (κ3) is 4.10. The highest BCUT2D eigenvalue weighted by Crippen LogP contribution is 2.44. The van der Waals surface area contributed by atoms with E-state index in [1.165, 1.54) is 12.8 Å². The summed E-state index contributed by atoms with van der Waals surface area (Å²) >= 11 is 0. The number of rotatable bonds is 7. The van der Waals surface area contributed by atoms with Crippen LogP contribution in [0.4, 0.5) is 0 Å². The molecule has 2 fully saturated rings. The Morgan fingerprint density at radius 2 is 2.15 bits per heavy atom. The molecule has 0 radical (unpaired) electrons. The van der Waals surface area contributed by atoms with Crippen LogP contribution in [-0.2, 0) is 16.0 Å².